The fourth-order valence-electron chi connectivity index (χ4n) is 2.00. The second kappa shape index (κ2) is 8.39. The van der Waals surface area contributed by atoms with Crippen molar-refractivity contribution in [1.29, 1.82) is 0 Å². The van der Waals surface area contributed by atoms with Crippen LogP contribution in [0.5, 0.6) is 5.75 Å². The van der Waals surface area contributed by atoms with Gasteiger partial charge in [0.15, 0.2) is 0 Å². The second-order valence-electron chi connectivity index (χ2n) is 5.52. The van der Waals surface area contributed by atoms with Crippen molar-refractivity contribution in [3.8, 4) is 5.75 Å². The van der Waals surface area contributed by atoms with Crippen molar-refractivity contribution in [1.82, 2.24) is 0 Å². The zero-order chi connectivity index (χ0) is 21.9. The van der Waals surface area contributed by atoms with E-state index in [2.05, 4.69) is 4.74 Å². The SMILES string of the molecule is NS(=O)(=O)c1ccccc1NS(=O)(=O)C=Cc1ccc(OC(F)(F)C(F)F)cc1. The summed E-state index contributed by atoms with van der Waals surface area (Å²) in [7, 11) is -8.35. The van der Waals surface area contributed by atoms with Gasteiger partial charge in [0.05, 0.1) is 11.1 Å². The molecular formula is C16H14F4N2O5S2. The summed E-state index contributed by atoms with van der Waals surface area (Å²) < 4.78 is 103. The van der Waals surface area contributed by atoms with Gasteiger partial charge < -0.3 is 4.74 Å². The summed E-state index contributed by atoms with van der Waals surface area (Å²) >= 11 is 0. The molecule has 7 nitrogen and oxygen atoms in total. The van der Waals surface area contributed by atoms with Crippen molar-refractivity contribution in [2.45, 2.75) is 17.4 Å². The lowest BCUT2D eigenvalue weighted by Crippen LogP contribution is -2.33. The molecule has 0 unspecified atom stereocenters. The lowest BCUT2D eigenvalue weighted by Gasteiger charge is -2.16. The third-order valence-corrected chi connectivity index (χ3v) is 5.24. The summed E-state index contributed by atoms with van der Waals surface area (Å²) in [6.45, 7) is 0. The molecule has 2 rings (SSSR count). The lowest BCUT2D eigenvalue weighted by atomic mass is 10.2. The highest BCUT2D eigenvalue weighted by molar-refractivity contribution is 7.95. The molecule has 0 saturated heterocycles. The number of nitrogens with one attached hydrogen (secondary N) is 1. The zero-order valence-electron chi connectivity index (χ0n) is 14.3. The Kier molecular flexibility index (Phi) is 6.55. The number of primary sulfonamides is 1. The Labute approximate surface area is 163 Å². The van der Waals surface area contributed by atoms with Gasteiger partial charge >= 0.3 is 12.5 Å². The third kappa shape index (κ3) is 6.44. The third-order valence-electron chi connectivity index (χ3n) is 3.27. The fourth-order valence-corrected chi connectivity index (χ4v) is 3.65. The maximum absolute atomic E-state index is 12.8. The van der Waals surface area contributed by atoms with Crippen LogP contribution in [-0.4, -0.2) is 29.4 Å². The highest BCUT2D eigenvalue weighted by Gasteiger charge is 2.43. The average Bonchev–Trinajstić information content (AvgIpc) is 2.60. The standard InChI is InChI=1S/C16H14F4N2O5S2/c17-15(18)16(19,20)27-12-7-5-11(6-8-12)9-10-28(23,24)22-13-3-1-2-4-14(13)29(21,25)26/h1-10,15,22H,(H2,21,25,26). The van der Waals surface area contributed by atoms with E-state index in [4.69, 9.17) is 5.14 Å². The predicted octanol–water partition coefficient (Wildman–Crippen LogP) is 2.98. The summed E-state index contributed by atoms with van der Waals surface area (Å²) in [5.41, 5.74) is -0.0551. The van der Waals surface area contributed by atoms with E-state index in [1.165, 1.54) is 18.2 Å². The molecular weight excluding hydrogens is 440 g/mol. The van der Waals surface area contributed by atoms with Crippen molar-refractivity contribution in [3.05, 3.63) is 59.5 Å². The fraction of sp³-hybridized carbons (Fsp3) is 0.125. The minimum Gasteiger partial charge on any atom is -0.428 e. The van der Waals surface area contributed by atoms with Gasteiger partial charge in [-0.2, -0.15) is 17.6 Å². The number of rotatable bonds is 8. The van der Waals surface area contributed by atoms with Gasteiger partial charge in [-0.1, -0.05) is 24.3 Å². The molecule has 0 aliphatic rings. The smallest absolute Gasteiger partial charge is 0.428 e. The molecule has 0 aromatic heterocycles. The van der Waals surface area contributed by atoms with Crippen LogP contribution in [0, 0.1) is 0 Å². The van der Waals surface area contributed by atoms with E-state index in [0.29, 0.717) is 5.41 Å². The number of ether oxygens (including phenoxy) is 1. The highest BCUT2D eigenvalue weighted by atomic mass is 32.2. The Hall–Kier alpha value is -2.64. The highest BCUT2D eigenvalue weighted by Crippen LogP contribution is 2.27. The van der Waals surface area contributed by atoms with E-state index >= 15 is 0 Å². The molecule has 0 aliphatic heterocycles. The van der Waals surface area contributed by atoms with Crippen LogP contribution in [0.15, 0.2) is 58.8 Å². The Morgan fingerprint density at radius 1 is 1.00 bits per heavy atom. The number of benzene rings is 2. The molecule has 0 bridgehead atoms. The van der Waals surface area contributed by atoms with Crippen LogP contribution in [0.4, 0.5) is 23.2 Å². The maximum Gasteiger partial charge on any atom is 0.461 e. The molecule has 0 heterocycles. The summed E-state index contributed by atoms with van der Waals surface area (Å²) in [5, 5.41) is 5.72. The minimum absolute atomic E-state index is 0.211. The molecule has 0 aliphatic carbocycles. The van der Waals surface area contributed by atoms with Gasteiger partial charge in [-0.3, -0.25) is 4.72 Å². The van der Waals surface area contributed by atoms with Gasteiger partial charge in [0, 0.05) is 0 Å². The molecule has 158 valence electrons. The molecule has 0 radical (unpaired) electrons. The first-order chi connectivity index (χ1) is 13.3. The van der Waals surface area contributed by atoms with Crippen LogP contribution in [0.3, 0.4) is 0 Å². The first-order valence-electron chi connectivity index (χ1n) is 7.58. The summed E-state index contributed by atoms with van der Waals surface area (Å²) in [6, 6.07) is 9.27. The first-order valence-corrected chi connectivity index (χ1v) is 10.7. The summed E-state index contributed by atoms with van der Waals surface area (Å²) in [6.07, 6.45) is -7.61. The van der Waals surface area contributed by atoms with Crippen LogP contribution >= 0.6 is 0 Å². The van der Waals surface area contributed by atoms with Gasteiger partial charge in [0.2, 0.25) is 10.0 Å². The van der Waals surface area contributed by atoms with Gasteiger partial charge in [0.1, 0.15) is 10.6 Å². The number of halogens is 4. The van der Waals surface area contributed by atoms with Crippen molar-refractivity contribution in [2.75, 3.05) is 4.72 Å². The Bertz CT molecular complexity index is 1100. The molecule has 0 spiro atoms. The van der Waals surface area contributed by atoms with Gasteiger partial charge in [0.25, 0.3) is 10.0 Å². The van der Waals surface area contributed by atoms with E-state index in [-0.39, 0.29) is 11.3 Å². The molecule has 0 atom stereocenters. The molecule has 13 heteroatoms. The number of anilines is 1. The number of para-hydroxylation sites is 1. The molecule has 3 N–H and O–H groups in total. The predicted molar refractivity (Wildman–Crippen MR) is 97.4 cm³/mol. The largest absolute Gasteiger partial charge is 0.461 e. The Balaban J connectivity index is 2.16. The topological polar surface area (TPSA) is 116 Å². The normalized spacial score (nSPS) is 13.0. The molecule has 0 amide bonds. The summed E-state index contributed by atoms with van der Waals surface area (Å²) in [5.74, 6) is -0.546. The van der Waals surface area contributed by atoms with Crippen LogP contribution in [0.25, 0.3) is 6.08 Å². The number of hydrogen-bond donors (Lipinski definition) is 2. The maximum atomic E-state index is 12.8. The second-order valence-corrected chi connectivity index (χ2v) is 8.62. The van der Waals surface area contributed by atoms with Crippen molar-refractivity contribution < 1.29 is 39.1 Å². The number of hydrogen-bond acceptors (Lipinski definition) is 5. The average molecular weight is 454 g/mol. The lowest BCUT2D eigenvalue weighted by molar-refractivity contribution is -0.253. The zero-order valence-corrected chi connectivity index (χ0v) is 15.9. The molecule has 2 aromatic rings. The number of sulfonamides is 2. The molecule has 2 aromatic carbocycles. The van der Waals surface area contributed by atoms with E-state index in [0.717, 1.165) is 36.4 Å². The number of alkyl halides is 4. The van der Waals surface area contributed by atoms with Crippen molar-refractivity contribution >= 4 is 31.8 Å². The van der Waals surface area contributed by atoms with Crippen molar-refractivity contribution in [2.24, 2.45) is 5.14 Å². The number of nitrogens with two attached hydrogens (primary N) is 1. The van der Waals surface area contributed by atoms with Crippen LogP contribution in [0.1, 0.15) is 5.56 Å². The van der Waals surface area contributed by atoms with Gasteiger partial charge in [-0.05, 0) is 35.9 Å². The summed E-state index contributed by atoms with van der Waals surface area (Å²) in [4.78, 5) is -0.432. The Morgan fingerprint density at radius 2 is 1.59 bits per heavy atom. The van der Waals surface area contributed by atoms with E-state index < -0.39 is 43.2 Å². The van der Waals surface area contributed by atoms with Crippen LogP contribution in [0.2, 0.25) is 0 Å². The van der Waals surface area contributed by atoms with Gasteiger partial charge in [-0.25, -0.2) is 22.0 Å². The van der Waals surface area contributed by atoms with Gasteiger partial charge in [-0.15, -0.1) is 0 Å². The molecule has 29 heavy (non-hydrogen) atoms. The van der Waals surface area contributed by atoms with Crippen molar-refractivity contribution in [3.63, 3.8) is 0 Å². The van der Waals surface area contributed by atoms with E-state index in [1.807, 2.05) is 4.72 Å². The first kappa shape index (κ1) is 22.6. The monoisotopic (exact) mass is 454 g/mol. The molecule has 0 saturated carbocycles. The van der Waals surface area contributed by atoms with E-state index in [9.17, 15) is 34.4 Å². The van der Waals surface area contributed by atoms with E-state index in [1.54, 1.807) is 0 Å². The quantitative estimate of drug-likeness (QED) is 0.595. The molecule has 0 fully saturated rings. The Morgan fingerprint density at radius 3 is 2.14 bits per heavy atom. The minimum atomic E-state index is -4.67. The van der Waals surface area contributed by atoms with Crippen LogP contribution in [-0.2, 0) is 20.0 Å². The van der Waals surface area contributed by atoms with Crippen LogP contribution < -0.4 is 14.6 Å².